The van der Waals surface area contributed by atoms with Crippen molar-refractivity contribution in [2.45, 2.75) is 32.9 Å². The van der Waals surface area contributed by atoms with Crippen LogP contribution >= 0.6 is 0 Å². The molecular formula is C17H21N5O. The first-order chi connectivity index (χ1) is 11.2. The van der Waals surface area contributed by atoms with Crippen LogP contribution in [0.1, 0.15) is 30.6 Å². The van der Waals surface area contributed by atoms with Crippen molar-refractivity contribution in [3.63, 3.8) is 0 Å². The van der Waals surface area contributed by atoms with E-state index in [9.17, 15) is 0 Å². The molecule has 23 heavy (non-hydrogen) atoms. The van der Waals surface area contributed by atoms with Gasteiger partial charge in [0.25, 0.3) is 0 Å². The van der Waals surface area contributed by atoms with Crippen molar-refractivity contribution in [2.24, 2.45) is 0 Å². The van der Waals surface area contributed by atoms with E-state index in [4.69, 9.17) is 4.52 Å². The van der Waals surface area contributed by atoms with Gasteiger partial charge >= 0.3 is 0 Å². The molecule has 0 spiro atoms. The molecule has 0 atom stereocenters. The highest BCUT2D eigenvalue weighted by Crippen LogP contribution is 2.12. The second-order valence-electron chi connectivity index (χ2n) is 5.65. The van der Waals surface area contributed by atoms with Crippen LogP contribution < -0.4 is 0 Å². The molecule has 120 valence electrons. The first kappa shape index (κ1) is 15.4. The van der Waals surface area contributed by atoms with E-state index in [0.717, 1.165) is 30.9 Å². The fourth-order valence-corrected chi connectivity index (χ4v) is 2.50. The van der Waals surface area contributed by atoms with Gasteiger partial charge in [-0.3, -0.25) is 4.90 Å². The lowest BCUT2D eigenvalue weighted by Crippen LogP contribution is -2.17. The molecule has 3 rings (SSSR count). The van der Waals surface area contributed by atoms with Gasteiger partial charge in [0.1, 0.15) is 0 Å². The van der Waals surface area contributed by atoms with Gasteiger partial charge in [-0.05, 0) is 37.2 Å². The van der Waals surface area contributed by atoms with Crippen molar-refractivity contribution in [2.75, 3.05) is 7.05 Å². The lowest BCUT2D eigenvalue weighted by atomic mass is 10.2. The number of benzene rings is 1. The zero-order chi connectivity index (χ0) is 16.1. The summed E-state index contributed by atoms with van der Waals surface area (Å²) in [5, 5.41) is 8.25. The maximum Gasteiger partial charge on any atom is 0.240 e. The van der Waals surface area contributed by atoms with Gasteiger partial charge in [-0.25, -0.2) is 4.68 Å². The molecule has 0 aliphatic heterocycles. The third-order valence-electron chi connectivity index (χ3n) is 3.52. The van der Waals surface area contributed by atoms with E-state index < -0.39 is 0 Å². The van der Waals surface area contributed by atoms with Crippen LogP contribution in [0.3, 0.4) is 0 Å². The quantitative estimate of drug-likeness (QED) is 0.671. The summed E-state index contributed by atoms with van der Waals surface area (Å²) in [5.74, 6) is 1.45. The Morgan fingerprint density at radius 2 is 2.13 bits per heavy atom. The van der Waals surface area contributed by atoms with Crippen molar-refractivity contribution in [3.8, 4) is 5.69 Å². The molecule has 2 heterocycles. The molecule has 6 heteroatoms. The predicted molar refractivity (Wildman–Crippen MR) is 87.0 cm³/mol. The predicted octanol–water partition coefficient (Wildman–Crippen LogP) is 2.84. The van der Waals surface area contributed by atoms with Gasteiger partial charge in [0.15, 0.2) is 5.82 Å². The third-order valence-corrected chi connectivity index (χ3v) is 3.52. The highest BCUT2D eigenvalue weighted by Gasteiger charge is 2.09. The van der Waals surface area contributed by atoms with Crippen LogP contribution in [0.15, 0.2) is 47.2 Å². The Morgan fingerprint density at radius 1 is 1.22 bits per heavy atom. The van der Waals surface area contributed by atoms with Gasteiger partial charge in [0.05, 0.1) is 12.2 Å². The number of hydrogen-bond donors (Lipinski definition) is 0. The number of nitrogens with zero attached hydrogens (tertiary/aromatic N) is 5. The average Bonchev–Trinajstić information content (AvgIpc) is 3.20. The lowest BCUT2D eigenvalue weighted by Gasteiger charge is -2.14. The van der Waals surface area contributed by atoms with Crippen molar-refractivity contribution >= 4 is 0 Å². The summed E-state index contributed by atoms with van der Waals surface area (Å²) in [6.45, 7) is 3.55. The fraction of sp³-hybridized carbons (Fsp3) is 0.353. The summed E-state index contributed by atoms with van der Waals surface area (Å²) >= 11 is 0. The Hall–Kier alpha value is -2.47. The third kappa shape index (κ3) is 4.04. The summed E-state index contributed by atoms with van der Waals surface area (Å²) in [6, 6.07) is 10.3. The topological polar surface area (TPSA) is 60.0 Å². The fourth-order valence-electron chi connectivity index (χ4n) is 2.50. The van der Waals surface area contributed by atoms with Gasteiger partial charge in [0.2, 0.25) is 5.89 Å². The van der Waals surface area contributed by atoms with E-state index in [1.54, 1.807) is 6.20 Å². The number of aromatic nitrogens is 4. The normalized spacial score (nSPS) is 11.3. The van der Waals surface area contributed by atoms with Crippen molar-refractivity contribution in [1.82, 2.24) is 24.8 Å². The Bertz CT molecular complexity index is 735. The Balaban J connectivity index is 1.63. The maximum absolute atomic E-state index is 5.29. The van der Waals surface area contributed by atoms with Crippen LogP contribution in [0.2, 0.25) is 0 Å². The maximum atomic E-state index is 5.29. The molecule has 3 aromatic rings. The van der Waals surface area contributed by atoms with Gasteiger partial charge in [0, 0.05) is 25.4 Å². The molecule has 0 unspecified atom stereocenters. The lowest BCUT2D eigenvalue weighted by molar-refractivity contribution is 0.260. The Morgan fingerprint density at radius 3 is 2.91 bits per heavy atom. The van der Waals surface area contributed by atoms with E-state index in [1.165, 1.54) is 5.56 Å². The standard InChI is InChI=1S/C17H21N5O/c1-3-6-16-19-17(23-20-16)13-21(2)12-14-7-4-8-15(11-14)22-10-5-9-18-22/h4-5,7-11H,3,6,12-13H2,1-2H3. The highest BCUT2D eigenvalue weighted by molar-refractivity contribution is 5.34. The van der Waals surface area contributed by atoms with Crippen molar-refractivity contribution in [3.05, 3.63) is 60.0 Å². The Kier molecular flexibility index (Phi) is 4.83. The summed E-state index contributed by atoms with van der Waals surface area (Å²) < 4.78 is 7.15. The van der Waals surface area contributed by atoms with E-state index in [-0.39, 0.29) is 0 Å². The smallest absolute Gasteiger partial charge is 0.240 e. The number of rotatable bonds is 7. The number of hydrogen-bond acceptors (Lipinski definition) is 5. The number of aryl methyl sites for hydroxylation is 1. The first-order valence-corrected chi connectivity index (χ1v) is 7.83. The molecule has 0 N–H and O–H groups in total. The van der Waals surface area contributed by atoms with Crippen LogP contribution in [-0.2, 0) is 19.5 Å². The molecule has 0 saturated heterocycles. The average molecular weight is 311 g/mol. The van der Waals surface area contributed by atoms with Gasteiger partial charge in [-0.15, -0.1) is 0 Å². The molecule has 2 aromatic heterocycles. The van der Waals surface area contributed by atoms with Crippen molar-refractivity contribution in [1.29, 1.82) is 0 Å². The molecular weight excluding hydrogens is 290 g/mol. The molecule has 6 nitrogen and oxygen atoms in total. The zero-order valence-corrected chi connectivity index (χ0v) is 13.5. The van der Waals surface area contributed by atoms with Crippen molar-refractivity contribution < 1.29 is 4.52 Å². The second-order valence-corrected chi connectivity index (χ2v) is 5.65. The SMILES string of the molecule is CCCc1noc(CN(C)Cc2cccc(-n3cccn3)c2)n1. The summed E-state index contributed by atoms with van der Waals surface area (Å²) in [4.78, 5) is 6.56. The Labute approximate surface area is 135 Å². The minimum Gasteiger partial charge on any atom is -0.338 e. The molecule has 0 saturated carbocycles. The van der Waals surface area contributed by atoms with E-state index in [0.29, 0.717) is 12.4 Å². The van der Waals surface area contributed by atoms with Crippen LogP contribution in [-0.4, -0.2) is 31.9 Å². The van der Waals surface area contributed by atoms with Crippen LogP contribution in [0.4, 0.5) is 0 Å². The summed E-state index contributed by atoms with van der Waals surface area (Å²) in [7, 11) is 2.05. The summed E-state index contributed by atoms with van der Waals surface area (Å²) in [6.07, 6.45) is 5.60. The molecule has 0 bridgehead atoms. The van der Waals surface area contributed by atoms with E-state index >= 15 is 0 Å². The summed E-state index contributed by atoms with van der Waals surface area (Å²) in [5.41, 5.74) is 2.28. The molecule has 0 amide bonds. The monoisotopic (exact) mass is 311 g/mol. The van der Waals surface area contributed by atoms with Crippen LogP contribution in [0.5, 0.6) is 0 Å². The van der Waals surface area contributed by atoms with Crippen LogP contribution in [0, 0.1) is 0 Å². The highest BCUT2D eigenvalue weighted by atomic mass is 16.5. The molecule has 0 aliphatic rings. The van der Waals surface area contributed by atoms with E-state index in [1.807, 2.05) is 36.1 Å². The molecule has 0 aliphatic carbocycles. The minimum atomic E-state index is 0.642. The van der Waals surface area contributed by atoms with E-state index in [2.05, 4.69) is 39.2 Å². The first-order valence-electron chi connectivity index (χ1n) is 7.83. The van der Waals surface area contributed by atoms with Crippen LogP contribution in [0.25, 0.3) is 5.69 Å². The largest absolute Gasteiger partial charge is 0.338 e. The zero-order valence-electron chi connectivity index (χ0n) is 13.5. The molecule has 1 aromatic carbocycles. The van der Waals surface area contributed by atoms with Gasteiger partial charge in [-0.2, -0.15) is 10.1 Å². The molecule has 0 fully saturated rings. The second kappa shape index (κ2) is 7.19. The minimum absolute atomic E-state index is 0.642. The molecule has 0 radical (unpaired) electrons. The van der Waals surface area contributed by atoms with Gasteiger partial charge in [-0.1, -0.05) is 24.2 Å². The van der Waals surface area contributed by atoms with Gasteiger partial charge < -0.3 is 4.52 Å².